The number of nitro benzene ring substituents is 1. The summed E-state index contributed by atoms with van der Waals surface area (Å²) in [5.74, 6) is -0.0894. The van der Waals surface area contributed by atoms with E-state index < -0.39 is 4.92 Å². The lowest BCUT2D eigenvalue weighted by molar-refractivity contribution is -0.384. The highest BCUT2D eigenvalue weighted by Crippen LogP contribution is 2.30. The van der Waals surface area contributed by atoms with E-state index in [2.05, 4.69) is 4.90 Å². The molecule has 1 amide bonds. The van der Waals surface area contributed by atoms with Gasteiger partial charge in [0.15, 0.2) is 5.78 Å². The van der Waals surface area contributed by atoms with Gasteiger partial charge in [-0.15, -0.1) is 0 Å². The van der Waals surface area contributed by atoms with Gasteiger partial charge >= 0.3 is 0 Å². The van der Waals surface area contributed by atoms with Gasteiger partial charge in [0.05, 0.1) is 18.1 Å². The molecule has 2 saturated heterocycles. The summed E-state index contributed by atoms with van der Waals surface area (Å²) in [7, 11) is 0. The molecule has 0 N–H and O–H groups in total. The molecule has 33 heavy (non-hydrogen) atoms. The van der Waals surface area contributed by atoms with Crippen LogP contribution in [0.1, 0.15) is 27.1 Å². The minimum absolute atomic E-state index is 0.0268. The van der Waals surface area contributed by atoms with Gasteiger partial charge in [0.1, 0.15) is 5.69 Å². The SMILES string of the molecule is O=C(CCN1CCN(C(=O)c2ccccc2)CC1)c1ccc(N2CCOCC2)c([N+](=O)[O-])c1. The average Bonchev–Trinajstić information content (AvgIpc) is 2.87. The molecule has 0 radical (unpaired) electrons. The summed E-state index contributed by atoms with van der Waals surface area (Å²) in [6, 6.07) is 14.0. The normalized spacial score (nSPS) is 17.1. The fourth-order valence-corrected chi connectivity index (χ4v) is 4.26. The maximum atomic E-state index is 12.8. The van der Waals surface area contributed by atoms with Gasteiger partial charge in [-0.1, -0.05) is 18.2 Å². The van der Waals surface area contributed by atoms with E-state index in [1.54, 1.807) is 12.1 Å². The molecule has 174 valence electrons. The number of ether oxygens (including phenoxy) is 1. The summed E-state index contributed by atoms with van der Waals surface area (Å²) < 4.78 is 5.32. The fraction of sp³-hybridized carbons (Fsp3) is 0.417. The number of nitrogens with zero attached hydrogens (tertiary/aromatic N) is 4. The van der Waals surface area contributed by atoms with E-state index in [0.717, 1.165) is 0 Å². The van der Waals surface area contributed by atoms with Gasteiger partial charge in [0.25, 0.3) is 11.6 Å². The highest BCUT2D eigenvalue weighted by Gasteiger charge is 2.25. The van der Waals surface area contributed by atoms with Crippen LogP contribution in [0, 0.1) is 10.1 Å². The second kappa shape index (κ2) is 10.5. The third-order valence-corrected chi connectivity index (χ3v) is 6.18. The summed E-state index contributed by atoms with van der Waals surface area (Å²) in [5.41, 5.74) is 1.52. The molecule has 0 saturated carbocycles. The highest BCUT2D eigenvalue weighted by molar-refractivity contribution is 5.97. The molecule has 0 bridgehead atoms. The Balaban J connectivity index is 1.31. The Hall–Kier alpha value is -3.30. The van der Waals surface area contributed by atoms with E-state index in [4.69, 9.17) is 4.74 Å². The van der Waals surface area contributed by atoms with Crippen molar-refractivity contribution in [3.63, 3.8) is 0 Å². The van der Waals surface area contributed by atoms with Crippen molar-refractivity contribution in [2.24, 2.45) is 0 Å². The maximum Gasteiger partial charge on any atom is 0.293 e. The molecule has 9 nitrogen and oxygen atoms in total. The van der Waals surface area contributed by atoms with Gasteiger partial charge < -0.3 is 14.5 Å². The van der Waals surface area contributed by atoms with Crippen molar-refractivity contribution < 1.29 is 19.2 Å². The maximum absolute atomic E-state index is 12.8. The van der Waals surface area contributed by atoms with E-state index in [1.807, 2.05) is 40.1 Å². The number of carbonyl (C=O) groups is 2. The molecule has 0 spiro atoms. The highest BCUT2D eigenvalue weighted by atomic mass is 16.6. The first-order valence-electron chi connectivity index (χ1n) is 11.2. The van der Waals surface area contributed by atoms with Crippen molar-refractivity contribution in [3.8, 4) is 0 Å². The minimum atomic E-state index is -0.426. The first-order valence-corrected chi connectivity index (χ1v) is 11.2. The number of rotatable bonds is 7. The van der Waals surface area contributed by atoms with Gasteiger partial charge in [-0.25, -0.2) is 0 Å². The summed E-state index contributed by atoms with van der Waals surface area (Å²) in [6.07, 6.45) is 0.278. The predicted molar refractivity (Wildman–Crippen MR) is 124 cm³/mol. The van der Waals surface area contributed by atoms with Gasteiger partial charge in [-0.3, -0.25) is 24.6 Å². The van der Waals surface area contributed by atoms with Crippen molar-refractivity contribution >= 4 is 23.1 Å². The summed E-state index contributed by atoms with van der Waals surface area (Å²) in [4.78, 5) is 42.5. The number of carbonyl (C=O) groups excluding carboxylic acids is 2. The molecular formula is C24H28N4O5. The number of anilines is 1. The Morgan fingerprint density at radius 2 is 1.61 bits per heavy atom. The van der Waals surface area contributed by atoms with E-state index >= 15 is 0 Å². The molecule has 0 aliphatic carbocycles. The molecule has 0 aromatic heterocycles. The molecule has 9 heteroatoms. The van der Waals surface area contributed by atoms with E-state index in [-0.39, 0.29) is 23.8 Å². The minimum Gasteiger partial charge on any atom is -0.378 e. The first kappa shape index (κ1) is 22.9. The quantitative estimate of drug-likeness (QED) is 0.362. The molecule has 2 heterocycles. The molecule has 2 aromatic rings. The molecule has 2 aliphatic heterocycles. The third kappa shape index (κ3) is 5.55. The van der Waals surface area contributed by atoms with Crippen molar-refractivity contribution in [2.45, 2.75) is 6.42 Å². The van der Waals surface area contributed by atoms with Crippen molar-refractivity contribution in [1.29, 1.82) is 0 Å². The largest absolute Gasteiger partial charge is 0.378 e. The van der Waals surface area contributed by atoms with Gasteiger partial charge in [0.2, 0.25) is 0 Å². The van der Waals surface area contributed by atoms with E-state index in [1.165, 1.54) is 6.07 Å². The summed E-state index contributed by atoms with van der Waals surface area (Å²) in [6.45, 7) is 5.42. The van der Waals surface area contributed by atoms with Crippen LogP contribution in [0.3, 0.4) is 0 Å². The molecule has 2 aromatic carbocycles. The zero-order valence-corrected chi connectivity index (χ0v) is 18.5. The Morgan fingerprint density at radius 1 is 0.909 bits per heavy atom. The van der Waals surface area contributed by atoms with Crippen LogP contribution in [0.5, 0.6) is 0 Å². The number of morpholine rings is 1. The van der Waals surface area contributed by atoms with Crippen LogP contribution >= 0.6 is 0 Å². The number of Topliss-reactive ketones (excluding diaryl/α,β-unsaturated/α-hetero) is 1. The van der Waals surface area contributed by atoms with Crippen molar-refractivity contribution in [1.82, 2.24) is 9.80 Å². The number of piperazine rings is 1. The molecule has 4 rings (SSSR count). The Morgan fingerprint density at radius 3 is 2.27 bits per heavy atom. The Labute approximate surface area is 192 Å². The molecular weight excluding hydrogens is 424 g/mol. The van der Waals surface area contributed by atoms with Crippen LogP contribution in [0.4, 0.5) is 11.4 Å². The number of benzene rings is 2. The van der Waals surface area contributed by atoms with Crippen LogP contribution in [-0.2, 0) is 4.74 Å². The number of hydrogen-bond acceptors (Lipinski definition) is 7. The zero-order chi connectivity index (χ0) is 23.2. The van der Waals surface area contributed by atoms with Crippen LogP contribution in [-0.4, -0.2) is 85.4 Å². The van der Waals surface area contributed by atoms with Crippen molar-refractivity contribution in [3.05, 3.63) is 69.8 Å². The summed E-state index contributed by atoms with van der Waals surface area (Å²) >= 11 is 0. The number of hydrogen-bond donors (Lipinski definition) is 0. The smallest absolute Gasteiger partial charge is 0.293 e. The lowest BCUT2D eigenvalue weighted by Gasteiger charge is -2.34. The summed E-state index contributed by atoms with van der Waals surface area (Å²) in [5, 5.41) is 11.6. The number of amides is 1. The standard InChI is InChI=1S/C24H28N4O5/c29-23(20-6-7-21(22(18-20)28(31)32)26-14-16-33-17-15-26)8-9-25-10-12-27(13-11-25)24(30)19-4-2-1-3-5-19/h1-7,18H,8-17H2. The van der Waals surface area contributed by atoms with Gasteiger partial charge in [-0.05, 0) is 24.3 Å². The second-order valence-corrected chi connectivity index (χ2v) is 8.23. The molecule has 2 aliphatic rings. The van der Waals surface area contributed by atoms with Crippen LogP contribution in [0.15, 0.2) is 48.5 Å². The molecule has 2 fully saturated rings. The third-order valence-electron chi connectivity index (χ3n) is 6.18. The van der Waals surface area contributed by atoms with Crippen LogP contribution < -0.4 is 4.90 Å². The van der Waals surface area contributed by atoms with E-state index in [0.29, 0.717) is 75.8 Å². The monoisotopic (exact) mass is 452 g/mol. The predicted octanol–water partition coefficient (Wildman–Crippen LogP) is 2.46. The van der Waals surface area contributed by atoms with E-state index in [9.17, 15) is 19.7 Å². The lowest BCUT2D eigenvalue weighted by Crippen LogP contribution is -2.49. The average molecular weight is 453 g/mol. The number of ketones is 1. The Kier molecular flexibility index (Phi) is 7.31. The topological polar surface area (TPSA) is 96.2 Å². The number of nitro groups is 1. The van der Waals surface area contributed by atoms with Gasteiger partial charge in [0, 0.05) is 69.4 Å². The van der Waals surface area contributed by atoms with Crippen LogP contribution in [0.25, 0.3) is 0 Å². The van der Waals surface area contributed by atoms with Crippen molar-refractivity contribution in [2.75, 3.05) is 63.9 Å². The van der Waals surface area contributed by atoms with Crippen LogP contribution in [0.2, 0.25) is 0 Å². The second-order valence-electron chi connectivity index (χ2n) is 8.23. The fourth-order valence-electron chi connectivity index (χ4n) is 4.26. The van der Waals surface area contributed by atoms with Gasteiger partial charge in [-0.2, -0.15) is 0 Å². The zero-order valence-electron chi connectivity index (χ0n) is 18.5. The molecule has 0 atom stereocenters. The Bertz CT molecular complexity index is 999. The molecule has 0 unspecified atom stereocenters. The lowest BCUT2D eigenvalue weighted by atomic mass is 10.1. The first-order chi connectivity index (χ1) is 16.0.